The van der Waals surface area contributed by atoms with Crippen LogP contribution >= 0.6 is 0 Å². The molecule has 1 atom stereocenters. The highest BCUT2D eigenvalue weighted by Gasteiger charge is 2.24. The van der Waals surface area contributed by atoms with Crippen LogP contribution in [0.25, 0.3) is 0 Å². The molecule has 0 aromatic heterocycles. The first-order valence-corrected chi connectivity index (χ1v) is 7.38. The Balaban J connectivity index is 2.27. The lowest BCUT2D eigenvalue weighted by Crippen LogP contribution is -2.42. The van der Waals surface area contributed by atoms with Crippen LogP contribution in [0.5, 0.6) is 5.75 Å². The number of hydrogen-bond donors (Lipinski definition) is 1. The SMILES string of the molecule is COc1cccc(N(C)C2CCN(C)CC2)c1[C@@H](C)N. The van der Waals surface area contributed by atoms with Crippen LogP contribution in [0.3, 0.4) is 0 Å². The highest BCUT2D eigenvalue weighted by Crippen LogP contribution is 2.35. The molecule has 0 saturated carbocycles. The summed E-state index contributed by atoms with van der Waals surface area (Å²) in [5.74, 6) is 0.886. The molecule has 112 valence electrons. The van der Waals surface area contributed by atoms with E-state index in [2.05, 4.69) is 30.0 Å². The Morgan fingerprint density at radius 3 is 2.55 bits per heavy atom. The van der Waals surface area contributed by atoms with E-state index in [4.69, 9.17) is 10.5 Å². The highest BCUT2D eigenvalue weighted by molar-refractivity contribution is 5.61. The van der Waals surface area contributed by atoms with Crippen molar-refractivity contribution in [2.24, 2.45) is 5.73 Å². The van der Waals surface area contributed by atoms with Crippen LogP contribution in [0.2, 0.25) is 0 Å². The van der Waals surface area contributed by atoms with Gasteiger partial charge in [-0.3, -0.25) is 0 Å². The van der Waals surface area contributed by atoms with E-state index in [9.17, 15) is 0 Å². The number of methoxy groups -OCH3 is 1. The van der Waals surface area contributed by atoms with Crippen LogP contribution in [0.4, 0.5) is 5.69 Å². The molecule has 1 aliphatic heterocycles. The Bertz CT molecular complexity index is 439. The summed E-state index contributed by atoms with van der Waals surface area (Å²) in [6.07, 6.45) is 2.39. The maximum Gasteiger partial charge on any atom is 0.125 e. The average Bonchev–Trinajstić information content (AvgIpc) is 2.46. The first-order valence-electron chi connectivity index (χ1n) is 7.38. The minimum Gasteiger partial charge on any atom is -0.496 e. The fourth-order valence-electron chi connectivity index (χ4n) is 3.05. The third-order valence-corrected chi connectivity index (χ3v) is 4.33. The molecular formula is C16H27N3O. The van der Waals surface area contributed by atoms with Gasteiger partial charge in [0.1, 0.15) is 5.75 Å². The number of benzene rings is 1. The Labute approximate surface area is 122 Å². The van der Waals surface area contributed by atoms with Gasteiger partial charge in [-0.2, -0.15) is 0 Å². The molecule has 1 aromatic rings. The summed E-state index contributed by atoms with van der Waals surface area (Å²) in [6, 6.07) is 6.74. The monoisotopic (exact) mass is 277 g/mol. The van der Waals surface area contributed by atoms with Crippen molar-refractivity contribution in [1.82, 2.24) is 4.90 Å². The number of piperidine rings is 1. The molecule has 2 N–H and O–H groups in total. The summed E-state index contributed by atoms with van der Waals surface area (Å²) >= 11 is 0. The molecule has 0 bridgehead atoms. The van der Waals surface area contributed by atoms with Crippen molar-refractivity contribution < 1.29 is 4.74 Å². The molecule has 1 aliphatic rings. The van der Waals surface area contributed by atoms with Crippen LogP contribution in [-0.2, 0) is 0 Å². The first-order chi connectivity index (χ1) is 9.54. The summed E-state index contributed by atoms with van der Waals surface area (Å²) in [7, 11) is 6.08. The maximum absolute atomic E-state index is 6.17. The fourth-order valence-corrected chi connectivity index (χ4v) is 3.05. The molecule has 1 saturated heterocycles. The molecular weight excluding hydrogens is 250 g/mol. The van der Waals surface area contributed by atoms with Gasteiger partial charge in [-0.05, 0) is 52.0 Å². The van der Waals surface area contributed by atoms with Crippen LogP contribution < -0.4 is 15.4 Å². The molecule has 0 aliphatic carbocycles. The van der Waals surface area contributed by atoms with Crippen molar-refractivity contribution in [3.63, 3.8) is 0 Å². The predicted molar refractivity (Wildman–Crippen MR) is 84.5 cm³/mol. The summed E-state index contributed by atoms with van der Waals surface area (Å²) in [5.41, 5.74) is 8.48. The number of rotatable bonds is 4. The van der Waals surface area contributed by atoms with Gasteiger partial charge in [-0.1, -0.05) is 6.07 Å². The zero-order valence-electron chi connectivity index (χ0n) is 13.1. The zero-order valence-corrected chi connectivity index (χ0v) is 13.1. The summed E-state index contributed by atoms with van der Waals surface area (Å²) in [4.78, 5) is 4.77. The summed E-state index contributed by atoms with van der Waals surface area (Å²) in [5, 5.41) is 0. The Hall–Kier alpha value is -1.26. The third kappa shape index (κ3) is 3.07. The second-order valence-corrected chi connectivity index (χ2v) is 5.83. The number of nitrogens with two attached hydrogens (primary N) is 1. The van der Waals surface area contributed by atoms with Gasteiger partial charge in [-0.15, -0.1) is 0 Å². The molecule has 0 unspecified atom stereocenters. The number of hydrogen-bond acceptors (Lipinski definition) is 4. The van der Waals surface area contributed by atoms with Crippen LogP contribution in [0.1, 0.15) is 31.4 Å². The normalized spacial score (nSPS) is 18.9. The summed E-state index contributed by atoms with van der Waals surface area (Å²) < 4.78 is 5.49. The lowest BCUT2D eigenvalue weighted by Gasteiger charge is -2.37. The van der Waals surface area contributed by atoms with Gasteiger partial charge in [0.2, 0.25) is 0 Å². The molecule has 2 rings (SSSR count). The second-order valence-electron chi connectivity index (χ2n) is 5.83. The number of anilines is 1. The van der Waals surface area contributed by atoms with E-state index in [1.807, 2.05) is 19.1 Å². The van der Waals surface area contributed by atoms with Crippen molar-refractivity contribution in [3.8, 4) is 5.75 Å². The molecule has 4 nitrogen and oxygen atoms in total. The van der Waals surface area contributed by atoms with Gasteiger partial charge in [0.05, 0.1) is 7.11 Å². The fraction of sp³-hybridized carbons (Fsp3) is 0.625. The van der Waals surface area contributed by atoms with Crippen molar-refractivity contribution in [1.29, 1.82) is 0 Å². The van der Waals surface area contributed by atoms with Gasteiger partial charge in [0.15, 0.2) is 0 Å². The molecule has 0 radical (unpaired) electrons. The summed E-state index contributed by atoms with van der Waals surface area (Å²) in [6.45, 7) is 4.34. The van der Waals surface area contributed by atoms with Gasteiger partial charge >= 0.3 is 0 Å². The molecule has 1 aromatic carbocycles. The Morgan fingerprint density at radius 1 is 1.35 bits per heavy atom. The van der Waals surface area contributed by atoms with Crippen LogP contribution in [-0.4, -0.2) is 45.2 Å². The van der Waals surface area contributed by atoms with Crippen molar-refractivity contribution >= 4 is 5.69 Å². The minimum atomic E-state index is -0.0325. The van der Waals surface area contributed by atoms with E-state index in [0.29, 0.717) is 6.04 Å². The zero-order chi connectivity index (χ0) is 14.7. The largest absolute Gasteiger partial charge is 0.496 e. The van der Waals surface area contributed by atoms with Crippen LogP contribution in [0, 0.1) is 0 Å². The van der Waals surface area contributed by atoms with E-state index in [1.54, 1.807) is 7.11 Å². The van der Waals surface area contributed by atoms with E-state index >= 15 is 0 Å². The first kappa shape index (κ1) is 15.1. The van der Waals surface area contributed by atoms with Crippen molar-refractivity contribution in [2.45, 2.75) is 31.8 Å². The molecule has 20 heavy (non-hydrogen) atoms. The van der Waals surface area contributed by atoms with Crippen molar-refractivity contribution in [2.75, 3.05) is 39.2 Å². The maximum atomic E-state index is 6.17. The van der Waals surface area contributed by atoms with Gasteiger partial charge in [0.25, 0.3) is 0 Å². The molecule has 4 heteroatoms. The quantitative estimate of drug-likeness (QED) is 0.916. The lowest BCUT2D eigenvalue weighted by molar-refractivity contribution is 0.252. The molecule has 0 amide bonds. The second kappa shape index (κ2) is 6.46. The smallest absolute Gasteiger partial charge is 0.125 e. The van der Waals surface area contributed by atoms with E-state index in [-0.39, 0.29) is 6.04 Å². The molecule has 1 heterocycles. The molecule has 1 fully saturated rings. The lowest BCUT2D eigenvalue weighted by atomic mass is 9.99. The van der Waals surface area contributed by atoms with E-state index in [0.717, 1.165) is 24.4 Å². The standard InChI is InChI=1S/C16H27N3O/c1-12(17)16-14(6-5-7-15(16)20-4)19(3)13-8-10-18(2)11-9-13/h5-7,12-13H,8-11,17H2,1-4H3/t12-/m1/s1. The number of nitrogens with zero attached hydrogens (tertiary/aromatic N) is 2. The minimum absolute atomic E-state index is 0.0325. The average molecular weight is 277 g/mol. The number of ether oxygens (including phenoxy) is 1. The van der Waals surface area contributed by atoms with E-state index in [1.165, 1.54) is 18.5 Å². The highest BCUT2D eigenvalue weighted by atomic mass is 16.5. The van der Waals surface area contributed by atoms with Crippen molar-refractivity contribution in [3.05, 3.63) is 23.8 Å². The van der Waals surface area contributed by atoms with Gasteiger partial charge in [0, 0.05) is 30.4 Å². The van der Waals surface area contributed by atoms with Crippen LogP contribution in [0.15, 0.2) is 18.2 Å². The Kier molecular flexibility index (Phi) is 4.89. The third-order valence-electron chi connectivity index (χ3n) is 4.33. The van der Waals surface area contributed by atoms with Gasteiger partial charge < -0.3 is 20.3 Å². The van der Waals surface area contributed by atoms with E-state index < -0.39 is 0 Å². The Morgan fingerprint density at radius 2 is 2.00 bits per heavy atom. The number of likely N-dealkylation sites (tertiary alicyclic amines) is 1. The topological polar surface area (TPSA) is 41.7 Å². The molecule has 0 spiro atoms. The van der Waals surface area contributed by atoms with Gasteiger partial charge in [-0.25, -0.2) is 0 Å². The predicted octanol–water partition coefficient (Wildman–Crippen LogP) is 2.25.